The Morgan fingerprint density at radius 1 is 0.400 bits per heavy atom. The van der Waals surface area contributed by atoms with Gasteiger partial charge in [0.15, 0.2) is 5.96 Å². The summed E-state index contributed by atoms with van der Waals surface area (Å²) >= 11 is 0. The zero-order valence-electron chi connectivity index (χ0n) is 69.2. The second-order valence-electron chi connectivity index (χ2n) is 30.5. The standard InChI is InChI=1S/C84H125N21O15/c1-6-50(4)71(72(90)109)105-83(120)68(48-106)96-70(108)47-94-75(112)60(34-15-18-40-86)98-81(118)66(45-55-29-20-27-53-25-10-12-31-57(53)55)103-77(114)61(35-16-19-41-87)97-73(110)51(5)95-76(113)63(37-38-69(89)107)100-82(119)67(46-56-30-21-28-54-26-11-13-32-58(54)56)104-78(115)62(36-22-42-93-84(91)92)99-80(117)65(44-52-23-8-7-9-24-52)102-79(116)64(43-49(2)3)101-74(111)59(88)33-14-17-39-85/h7-13,20-21,23-32,49-51,59-68,71,106H,6,14-19,22,33-48,85-88H2,1-5H3,(H2,89,107)(H2,90,109)(H,94,112)(H,95,113)(H,96,108)(H,97,110)(H,98,118)(H,99,117)(H,100,119)(H,101,111)(H,102,116)(H,103,114)(H,104,115)(H,105,120)(H4,91,92,93)/t50-,51+,59+,60+,61+,62+,63+,64+,65+,66+,67+,68+,71+/m0/s1. The zero-order chi connectivity index (χ0) is 88.4. The first kappa shape index (κ1) is 98.8. The molecule has 0 bridgehead atoms. The Bertz CT molecular complexity index is 4240. The molecule has 5 aromatic rings. The maximum atomic E-state index is 15.2. The Hall–Kier alpha value is -11.7. The van der Waals surface area contributed by atoms with Gasteiger partial charge in [0.1, 0.15) is 66.5 Å². The molecule has 0 aliphatic carbocycles. The molecule has 0 aliphatic rings. The number of primary amides is 2. The molecule has 0 heterocycles. The van der Waals surface area contributed by atoms with E-state index in [2.05, 4.69) is 69.1 Å². The van der Waals surface area contributed by atoms with Crippen molar-refractivity contribution in [3.8, 4) is 0 Å². The van der Waals surface area contributed by atoms with Crippen LogP contribution in [0.25, 0.3) is 21.5 Å². The molecule has 36 nitrogen and oxygen atoms in total. The number of hydrogen-bond acceptors (Lipinski definition) is 20. The number of aliphatic hydroxyl groups excluding tert-OH is 1. The maximum absolute atomic E-state index is 15.2. The van der Waals surface area contributed by atoms with E-state index in [0.29, 0.717) is 79.0 Å². The van der Waals surface area contributed by atoms with Gasteiger partial charge in [-0.2, -0.15) is 0 Å². The number of unbranched alkanes of at least 4 members (excludes halogenated alkanes) is 3. The number of hydrogen-bond donors (Lipinski definition) is 22. The molecule has 14 amide bonds. The first-order valence-corrected chi connectivity index (χ1v) is 41.0. The van der Waals surface area contributed by atoms with Gasteiger partial charge in [-0.3, -0.25) is 72.5 Å². The van der Waals surface area contributed by atoms with Crippen molar-refractivity contribution in [3.63, 3.8) is 0 Å². The Morgan fingerprint density at radius 2 is 0.808 bits per heavy atom. The Labute approximate surface area is 699 Å². The van der Waals surface area contributed by atoms with Gasteiger partial charge in [0, 0.05) is 32.2 Å². The minimum atomic E-state index is -1.66. The molecule has 13 atom stereocenters. The van der Waals surface area contributed by atoms with Crippen molar-refractivity contribution in [2.24, 2.45) is 52.0 Å². The van der Waals surface area contributed by atoms with Crippen molar-refractivity contribution in [3.05, 3.63) is 132 Å². The minimum Gasteiger partial charge on any atom is -0.394 e. The highest BCUT2D eigenvalue weighted by atomic mass is 16.3. The van der Waals surface area contributed by atoms with Crippen LogP contribution in [0.1, 0.15) is 148 Å². The molecule has 0 saturated heterocycles. The van der Waals surface area contributed by atoms with Crippen molar-refractivity contribution in [1.82, 2.24) is 69.1 Å². The first-order valence-electron chi connectivity index (χ1n) is 41.0. The third kappa shape index (κ3) is 33.9. The van der Waals surface area contributed by atoms with Crippen LogP contribution in [0.15, 0.2) is 115 Å². The molecule has 0 saturated carbocycles. The highest BCUT2D eigenvalue weighted by Gasteiger charge is 2.37. The van der Waals surface area contributed by atoms with E-state index in [0.717, 1.165) is 10.8 Å². The molecule has 0 aromatic heterocycles. The van der Waals surface area contributed by atoms with Crippen molar-refractivity contribution in [1.29, 1.82) is 5.41 Å². The lowest BCUT2D eigenvalue weighted by Gasteiger charge is -2.28. The molecular weight excluding hydrogens is 1540 g/mol. The summed E-state index contributed by atoms with van der Waals surface area (Å²) in [6.45, 7) is 7.64. The fourth-order valence-electron chi connectivity index (χ4n) is 13.4. The van der Waals surface area contributed by atoms with E-state index in [1.54, 1.807) is 92.7 Å². The number of aliphatic hydroxyl groups is 1. The van der Waals surface area contributed by atoms with Crippen LogP contribution in [0.3, 0.4) is 0 Å². The summed E-state index contributed by atoms with van der Waals surface area (Å²) in [5.74, 6) is -13.0. The van der Waals surface area contributed by atoms with Crippen LogP contribution in [0.4, 0.5) is 0 Å². The van der Waals surface area contributed by atoms with Crippen LogP contribution in [0.5, 0.6) is 0 Å². The molecule has 0 spiro atoms. The average Bonchev–Trinajstić information content (AvgIpc) is 0.818. The van der Waals surface area contributed by atoms with Crippen LogP contribution in [0.2, 0.25) is 0 Å². The molecule has 0 fully saturated rings. The fourth-order valence-corrected chi connectivity index (χ4v) is 13.4. The summed E-state index contributed by atoms with van der Waals surface area (Å²) < 4.78 is 0. The lowest BCUT2D eigenvalue weighted by Crippen LogP contribution is -2.61. The van der Waals surface area contributed by atoms with Crippen LogP contribution < -0.4 is 109 Å². The molecule has 0 radical (unpaired) electrons. The van der Waals surface area contributed by atoms with Gasteiger partial charge in [-0.1, -0.05) is 156 Å². The molecule has 36 heteroatoms. The van der Waals surface area contributed by atoms with Gasteiger partial charge in [0.05, 0.1) is 19.2 Å². The number of benzene rings is 5. The second-order valence-corrected chi connectivity index (χ2v) is 30.5. The van der Waals surface area contributed by atoms with Gasteiger partial charge >= 0.3 is 0 Å². The van der Waals surface area contributed by atoms with E-state index in [9.17, 15) is 62.6 Å². The van der Waals surface area contributed by atoms with E-state index in [4.69, 9.17) is 45.5 Å². The van der Waals surface area contributed by atoms with Crippen LogP contribution in [-0.2, 0) is 86.4 Å². The van der Waals surface area contributed by atoms with Crippen LogP contribution in [-0.4, -0.2) is 206 Å². The highest BCUT2D eigenvalue weighted by Crippen LogP contribution is 2.23. The smallest absolute Gasteiger partial charge is 0.245 e. The van der Waals surface area contributed by atoms with Gasteiger partial charge in [0.2, 0.25) is 82.7 Å². The molecule has 0 unspecified atom stereocenters. The van der Waals surface area contributed by atoms with Crippen LogP contribution in [0, 0.1) is 17.2 Å². The average molecular weight is 1670 g/mol. The summed E-state index contributed by atoms with van der Waals surface area (Å²) in [6.07, 6.45) is 1.86. The van der Waals surface area contributed by atoms with E-state index in [1.165, 1.54) is 6.92 Å². The maximum Gasteiger partial charge on any atom is 0.245 e. The lowest BCUT2D eigenvalue weighted by molar-refractivity contribution is -0.136. The molecule has 0 aliphatic heterocycles. The molecule has 5 aromatic carbocycles. The van der Waals surface area contributed by atoms with E-state index in [-0.39, 0.29) is 95.2 Å². The number of carbonyl (C=O) groups is 14. The fraction of sp³-hybridized carbons (Fsp3) is 0.512. The minimum absolute atomic E-state index is 0.0151. The van der Waals surface area contributed by atoms with Crippen molar-refractivity contribution < 1.29 is 72.2 Å². The van der Waals surface area contributed by atoms with Gasteiger partial charge in [0.25, 0.3) is 0 Å². The zero-order valence-corrected chi connectivity index (χ0v) is 69.2. The van der Waals surface area contributed by atoms with E-state index >= 15 is 9.59 Å². The molecule has 5 rings (SSSR count). The highest BCUT2D eigenvalue weighted by molar-refractivity contribution is 6.01. The number of amides is 14. The molecule has 29 N–H and O–H groups in total. The number of nitrogens with one attached hydrogen (secondary N) is 14. The van der Waals surface area contributed by atoms with Gasteiger partial charge in [-0.15, -0.1) is 0 Å². The SMILES string of the molecule is CC[C@H](C)[C@@H](NC(=O)[C@@H](CO)NC(=O)CNC(=O)[C@@H](CCCCN)NC(=O)[C@@H](Cc1cccc2ccccc12)NC(=O)[C@@H](CCCCN)NC(=O)[C@@H](C)NC(=O)[C@@H](CCC(N)=O)NC(=O)[C@@H](Cc1cccc2ccccc12)NC(=O)[C@@H](CCCNC(=N)N)NC(=O)[C@@H](Cc1ccccc1)NC(=O)[C@@H](CC(C)C)NC(=O)[C@H](N)CCCCN)C(N)=O. The third-order valence-electron chi connectivity index (χ3n) is 20.4. The normalized spacial score (nSPS) is 14.5. The number of rotatable bonds is 55. The van der Waals surface area contributed by atoms with Crippen molar-refractivity contribution >= 4 is 110 Å². The van der Waals surface area contributed by atoms with Crippen LogP contribution >= 0.6 is 0 Å². The monoisotopic (exact) mass is 1670 g/mol. The molecular formula is C84H125N21O15. The van der Waals surface area contributed by atoms with Crippen molar-refractivity contribution in [2.45, 2.75) is 223 Å². The topological polar surface area (TPSA) is 622 Å². The summed E-state index contributed by atoms with van der Waals surface area (Å²) in [6, 6.07) is 17.1. The number of carbonyl (C=O) groups excluding carboxylic acids is 14. The van der Waals surface area contributed by atoms with E-state index < -0.39 is 181 Å². The van der Waals surface area contributed by atoms with Crippen molar-refractivity contribution in [2.75, 3.05) is 39.3 Å². The predicted octanol–water partition coefficient (Wildman–Crippen LogP) is -1.70. The lowest BCUT2D eigenvalue weighted by atomic mass is 9.97. The van der Waals surface area contributed by atoms with Gasteiger partial charge < -0.3 is 114 Å². The Balaban J connectivity index is 1.45. The molecule has 656 valence electrons. The van der Waals surface area contributed by atoms with Gasteiger partial charge in [-0.25, -0.2) is 0 Å². The predicted molar refractivity (Wildman–Crippen MR) is 455 cm³/mol. The summed E-state index contributed by atoms with van der Waals surface area (Å²) in [4.78, 5) is 198. The number of guanidine groups is 1. The summed E-state index contributed by atoms with van der Waals surface area (Å²) in [7, 11) is 0. The first-order chi connectivity index (χ1) is 57.3. The summed E-state index contributed by atoms with van der Waals surface area (Å²) in [5.41, 5.74) is 42.2. The number of nitrogens with two attached hydrogens (primary N) is 7. The van der Waals surface area contributed by atoms with E-state index in [1.807, 2.05) is 50.2 Å². The largest absolute Gasteiger partial charge is 0.394 e. The third-order valence-corrected chi connectivity index (χ3v) is 20.4. The summed E-state index contributed by atoms with van der Waals surface area (Å²) in [5, 5.41) is 55.3. The Kier molecular flexibility index (Phi) is 43.0. The molecule has 120 heavy (non-hydrogen) atoms. The Morgan fingerprint density at radius 3 is 1.28 bits per heavy atom. The van der Waals surface area contributed by atoms with Gasteiger partial charge in [-0.05, 0) is 154 Å². The second kappa shape index (κ2) is 52.2. The quantitative estimate of drug-likeness (QED) is 0.0117. The number of fused-ring (bicyclic) bond motifs is 2.